The Morgan fingerprint density at radius 3 is 2.52 bits per heavy atom. The fourth-order valence-corrected chi connectivity index (χ4v) is 4.28. The lowest BCUT2D eigenvalue weighted by atomic mass is 9.94. The molecule has 0 saturated carbocycles. The maximum atomic E-state index is 13.2. The second kappa shape index (κ2) is 9.48. The molecule has 0 radical (unpaired) electrons. The number of nitrogens with zero attached hydrogens (tertiary/aromatic N) is 1. The minimum atomic E-state index is -0.272. The van der Waals surface area contributed by atoms with Crippen molar-refractivity contribution in [1.82, 2.24) is 21.1 Å². The number of benzene rings is 2. The highest BCUT2D eigenvalue weighted by Crippen LogP contribution is 2.25. The van der Waals surface area contributed by atoms with E-state index >= 15 is 0 Å². The van der Waals surface area contributed by atoms with Gasteiger partial charge in [-0.2, -0.15) is 0 Å². The lowest BCUT2D eigenvalue weighted by Gasteiger charge is -2.27. The van der Waals surface area contributed by atoms with Crippen LogP contribution in [0, 0.1) is 11.7 Å². The number of halogens is 1. The van der Waals surface area contributed by atoms with E-state index in [2.05, 4.69) is 39.3 Å². The molecular formula is C23H29FN4O. The van der Waals surface area contributed by atoms with Gasteiger partial charge in [0.2, 0.25) is 5.91 Å². The van der Waals surface area contributed by atoms with E-state index in [1.54, 1.807) is 12.1 Å². The summed E-state index contributed by atoms with van der Waals surface area (Å²) < 4.78 is 13.2. The summed E-state index contributed by atoms with van der Waals surface area (Å²) >= 11 is 0. The molecule has 0 spiro atoms. The molecule has 6 heteroatoms. The first-order valence-corrected chi connectivity index (χ1v) is 10.5. The van der Waals surface area contributed by atoms with Crippen LogP contribution < -0.4 is 16.2 Å². The first-order valence-electron chi connectivity index (χ1n) is 10.5. The molecule has 3 N–H and O–H groups in total. The summed E-state index contributed by atoms with van der Waals surface area (Å²) in [6.07, 6.45) is 3.86. The molecule has 29 heavy (non-hydrogen) atoms. The van der Waals surface area contributed by atoms with Crippen LogP contribution >= 0.6 is 0 Å². The number of amides is 1. The van der Waals surface area contributed by atoms with Crippen molar-refractivity contribution in [1.29, 1.82) is 0 Å². The van der Waals surface area contributed by atoms with Gasteiger partial charge in [0.25, 0.3) is 0 Å². The first-order chi connectivity index (χ1) is 14.2. The van der Waals surface area contributed by atoms with Gasteiger partial charge in [0, 0.05) is 19.6 Å². The fourth-order valence-electron chi connectivity index (χ4n) is 4.28. The second-order valence-electron chi connectivity index (χ2n) is 7.98. The molecular weight excluding hydrogens is 367 g/mol. The van der Waals surface area contributed by atoms with Gasteiger partial charge in [0.15, 0.2) is 0 Å². The smallest absolute Gasteiger partial charge is 0.226 e. The molecule has 2 aliphatic rings. The fraction of sp³-hybridized carbons (Fsp3) is 0.435. The number of hydrogen-bond acceptors (Lipinski definition) is 4. The highest BCUT2D eigenvalue weighted by atomic mass is 19.1. The molecule has 2 aromatic rings. The monoisotopic (exact) mass is 396 g/mol. The summed E-state index contributed by atoms with van der Waals surface area (Å²) in [6.45, 7) is 4.31. The average Bonchev–Trinajstić information content (AvgIpc) is 3.24. The molecule has 2 aromatic carbocycles. The van der Waals surface area contributed by atoms with Gasteiger partial charge in [-0.25, -0.2) is 9.82 Å². The third kappa shape index (κ3) is 5.01. The van der Waals surface area contributed by atoms with Crippen LogP contribution in [-0.4, -0.2) is 30.4 Å². The van der Waals surface area contributed by atoms with Gasteiger partial charge in [-0.05, 0) is 54.8 Å². The zero-order chi connectivity index (χ0) is 20.1. The van der Waals surface area contributed by atoms with Gasteiger partial charge in [-0.15, -0.1) is 0 Å². The lowest BCUT2D eigenvalue weighted by molar-refractivity contribution is -0.125. The van der Waals surface area contributed by atoms with Crippen molar-refractivity contribution in [3.63, 3.8) is 0 Å². The number of piperidine rings is 1. The standard InChI is InChI=1S/C23H29FN4O/c24-20-10-8-17(9-11-20)22-21(15-26-27-22)23(29)25-14-18-6-2-3-7-19(18)16-28-12-4-1-5-13-28/h2-3,6-11,21-22,26-27H,1,4-5,12-16H2,(H,25,29). The predicted octanol–water partition coefficient (Wildman–Crippen LogP) is 2.89. The number of nitrogens with one attached hydrogen (secondary N) is 3. The maximum Gasteiger partial charge on any atom is 0.226 e. The van der Waals surface area contributed by atoms with Crippen LogP contribution in [0.25, 0.3) is 0 Å². The summed E-state index contributed by atoms with van der Waals surface area (Å²) in [5.74, 6) is -0.509. The Hall–Kier alpha value is -2.28. The Labute approximate surface area is 171 Å². The lowest BCUT2D eigenvalue weighted by Crippen LogP contribution is -2.35. The van der Waals surface area contributed by atoms with Crippen molar-refractivity contribution in [2.24, 2.45) is 5.92 Å². The van der Waals surface area contributed by atoms with Crippen LogP contribution in [0.5, 0.6) is 0 Å². The van der Waals surface area contributed by atoms with Crippen molar-refractivity contribution in [3.8, 4) is 0 Å². The molecule has 2 unspecified atom stereocenters. The summed E-state index contributed by atoms with van der Waals surface area (Å²) in [5, 5.41) is 3.12. The third-order valence-corrected chi connectivity index (χ3v) is 5.96. The topological polar surface area (TPSA) is 56.4 Å². The van der Waals surface area contributed by atoms with Crippen LogP contribution in [-0.2, 0) is 17.9 Å². The van der Waals surface area contributed by atoms with Crippen LogP contribution in [0.3, 0.4) is 0 Å². The Kier molecular flexibility index (Phi) is 6.54. The average molecular weight is 397 g/mol. The Bertz CT molecular complexity index is 820. The van der Waals surface area contributed by atoms with Crippen molar-refractivity contribution < 1.29 is 9.18 Å². The number of carbonyl (C=O) groups excluding carboxylic acids is 1. The molecule has 1 amide bonds. The van der Waals surface area contributed by atoms with Crippen molar-refractivity contribution in [2.45, 2.75) is 38.4 Å². The highest BCUT2D eigenvalue weighted by molar-refractivity contribution is 5.80. The van der Waals surface area contributed by atoms with Gasteiger partial charge < -0.3 is 5.32 Å². The first kappa shape index (κ1) is 20.0. The molecule has 0 aromatic heterocycles. The van der Waals surface area contributed by atoms with Crippen molar-refractivity contribution in [3.05, 3.63) is 71.0 Å². The zero-order valence-electron chi connectivity index (χ0n) is 16.7. The number of hydrogen-bond donors (Lipinski definition) is 3. The molecule has 2 atom stereocenters. The van der Waals surface area contributed by atoms with Crippen molar-refractivity contribution in [2.75, 3.05) is 19.6 Å². The maximum absolute atomic E-state index is 13.2. The summed E-state index contributed by atoms with van der Waals surface area (Å²) in [5.41, 5.74) is 9.58. The van der Waals surface area contributed by atoms with Crippen LogP contribution in [0.15, 0.2) is 48.5 Å². The van der Waals surface area contributed by atoms with E-state index in [0.717, 1.165) is 25.2 Å². The molecule has 5 nitrogen and oxygen atoms in total. The minimum absolute atomic E-state index is 0.00426. The highest BCUT2D eigenvalue weighted by Gasteiger charge is 2.33. The number of rotatable bonds is 6. The van der Waals surface area contributed by atoms with E-state index < -0.39 is 0 Å². The third-order valence-electron chi connectivity index (χ3n) is 5.96. The van der Waals surface area contributed by atoms with E-state index in [-0.39, 0.29) is 23.7 Å². The molecule has 0 bridgehead atoms. The molecule has 154 valence electrons. The van der Waals surface area contributed by atoms with E-state index in [4.69, 9.17) is 0 Å². The van der Waals surface area contributed by atoms with E-state index in [0.29, 0.717) is 13.1 Å². The Morgan fingerprint density at radius 1 is 1.03 bits per heavy atom. The van der Waals surface area contributed by atoms with E-state index in [9.17, 15) is 9.18 Å². The van der Waals surface area contributed by atoms with E-state index in [1.165, 1.54) is 42.5 Å². The second-order valence-corrected chi connectivity index (χ2v) is 7.98. The quantitative estimate of drug-likeness (QED) is 0.703. The van der Waals surface area contributed by atoms with Crippen LogP contribution in [0.2, 0.25) is 0 Å². The number of hydrazine groups is 1. The number of likely N-dealkylation sites (tertiary alicyclic amines) is 1. The van der Waals surface area contributed by atoms with Crippen LogP contribution in [0.1, 0.15) is 42.0 Å². The largest absolute Gasteiger partial charge is 0.352 e. The Morgan fingerprint density at radius 2 is 1.76 bits per heavy atom. The summed E-state index contributed by atoms with van der Waals surface area (Å²) in [7, 11) is 0. The Balaban J connectivity index is 1.38. The molecule has 2 aliphatic heterocycles. The predicted molar refractivity (Wildman–Crippen MR) is 111 cm³/mol. The summed E-state index contributed by atoms with van der Waals surface area (Å²) in [6, 6.07) is 14.5. The molecule has 0 aliphatic carbocycles. The minimum Gasteiger partial charge on any atom is -0.352 e. The van der Waals surface area contributed by atoms with Crippen molar-refractivity contribution >= 4 is 5.91 Å². The number of carbonyl (C=O) groups is 1. The van der Waals surface area contributed by atoms with Crippen LogP contribution in [0.4, 0.5) is 4.39 Å². The van der Waals surface area contributed by atoms with Gasteiger partial charge in [0.1, 0.15) is 5.82 Å². The molecule has 2 saturated heterocycles. The zero-order valence-corrected chi connectivity index (χ0v) is 16.7. The molecule has 2 heterocycles. The van der Waals surface area contributed by atoms with Gasteiger partial charge >= 0.3 is 0 Å². The summed E-state index contributed by atoms with van der Waals surface area (Å²) in [4.78, 5) is 15.4. The van der Waals surface area contributed by atoms with E-state index in [1.807, 2.05) is 6.07 Å². The molecule has 4 rings (SSSR count). The van der Waals surface area contributed by atoms with Gasteiger partial charge in [-0.1, -0.05) is 42.8 Å². The van der Waals surface area contributed by atoms with Gasteiger partial charge in [-0.3, -0.25) is 15.1 Å². The SMILES string of the molecule is O=C(NCc1ccccc1CN1CCCCC1)C1CNNC1c1ccc(F)cc1. The normalized spacial score (nSPS) is 22.5. The molecule has 2 fully saturated rings. The van der Waals surface area contributed by atoms with Gasteiger partial charge in [0.05, 0.1) is 12.0 Å².